The Morgan fingerprint density at radius 1 is 1.17 bits per heavy atom. The second-order valence-corrected chi connectivity index (χ2v) is 9.14. The van der Waals surface area contributed by atoms with E-state index in [2.05, 4.69) is 22.8 Å². The fraction of sp³-hybridized carbons (Fsp3) is 0.333. The molecular weight excluding hydrogens is 394 g/mol. The van der Waals surface area contributed by atoms with Gasteiger partial charge in [-0.2, -0.15) is 0 Å². The maximum absolute atomic E-state index is 12.8. The monoisotopic (exact) mass is 419 g/mol. The number of methoxy groups -OCH3 is 1. The number of hydrogen-bond acceptors (Lipinski definition) is 4. The Kier molecular flexibility index (Phi) is 4.95. The lowest BCUT2D eigenvalue weighted by molar-refractivity contribution is 0.0910. The van der Waals surface area contributed by atoms with Gasteiger partial charge in [-0.1, -0.05) is 31.1 Å². The number of fused-ring (bicyclic) bond motifs is 3. The molecule has 2 heterocycles. The molecule has 0 aliphatic heterocycles. The van der Waals surface area contributed by atoms with Crippen LogP contribution in [0.5, 0.6) is 5.75 Å². The molecule has 0 bridgehead atoms. The summed E-state index contributed by atoms with van der Waals surface area (Å²) in [6.45, 7) is 2.24. The molecule has 1 fully saturated rings. The predicted octanol–water partition coefficient (Wildman–Crippen LogP) is 5.53. The summed E-state index contributed by atoms with van der Waals surface area (Å²) in [4.78, 5) is 18.5. The standard InChI is InChI=1S/C24H25N3O2S/c1-15-5-3-4-6-19(15)25-23(28)17-9-12-21-22(13-17)30-24-26-20(14-27(21)24)16-7-10-18(29-2)11-8-16/h7-15,19H,3-6H2,1-2H3,(H,25,28)/t15-,19-/m1/s1. The van der Waals surface area contributed by atoms with Gasteiger partial charge in [0.15, 0.2) is 4.96 Å². The number of rotatable bonds is 4. The first-order valence-electron chi connectivity index (χ1n) is 10.5. The van der Waals surface area contributed by atoms with Crippen LogP contribution in [0.1, 0.15) is 43.0 Å². The molecule has 1 aliphatic rings. The normalized spacial score (nSPS) is 19.3. The Bertz CT molecular complexity index is 1210. The zero-order valence-electron chi connectivity index (χ0n) is 17.2. The molecule has 5 rings (SSSR count). The van der Waals surface area contributed by atoms with E-state index < -0.39 is 0 Å². The predicted molar refractivity (Wildman–Crippen MR) is 121 cm³/mol. The first kappa shape index (κ1) is 19.1. The molecular formula is C24H25N3O2S. The molecule has 154 valence electrons. The number of carbonyl (C=O) groups excluding carboxylic acids is 1. The van der Waals surface area contributed by atoms with Gasteiger partial charge >= 0.3 is 0 Å². The highest BCUT2D eigenvalue weighted by Crippen LogP contribution is 2.31. The number of carbonyl (C=O) groups is 1. The number of nitrogens with zero attached hydrogens (tertiary/aromatic N) is 2. The lowest BCUT2D eigenvalue weighted by Gasteiger charge is -2.29. The number of thiazole rings is 1. The lowest BCUT2D eigenvalue weighted by Crippen LogP contribution is -2.41. The van der Waals surface area contributed by atoms with Gasteiger partial charge in [0.2, 0.25) is 0 Å². The number of benzene rings is 2. The summed E-state index contributed by atoms with van der Waals surface area (Å²) in [6, 6.07) is 14.1. The summed E-state index contributed by atoms with van der Waals surface area (Å²) in [5.74, 6) is 1.41. The number of amides is 1. The minimum atomic E-state index is 0.0283. The molecule has 0 radical (unpaired) electrons. The molecule has 2 atom stereocenters. The molecule has 1 aliphatic carbocycles. The molecule has 1 saturated carbocycles. The Morgan fingerprint density at radius 2 is 1.97 bits per heavy atom. The molecule has 2 aromatic carbocycles. The van der Waals surface area contributed by atoms with Gasteiger partial charge in [0.05, 0.1) is 23.0 Å². The quantitative estimate of drug-likeness (QED) is 0.473. The Morgan fingerprint density at radius 3 is 2.73 bits per heavy atom. The average Bonchev–Trinajstić information content (AvgIpc) is 3.33. The van der Waals surface area contributed by atoms with Gasteiger partial charge in [-0.15, -0.1) is 0 Å². The van der Waals surface area contributed by atoms with Gasteiger partial charge < -0.3 is 10.1 Å². The first-order valence-corrected chi connectivity index (χ1v) is 11.3. The number of aromatic nitrogens is 2. The van der Waals surface area contributed by atoms with Crippen molar-refractivity contribution in [1.82, 2.24) is 14.7 Å². The number of imidazole rings is 1. The highest BCUT2D eigenvalue weighted by molar-refractivity contribution is 7.23. The molecule has 0 spiro atoms. The fourth-order valence-corrected chi connectivity index (χ4v) is 5.37. The molecule has 2 aromatic heterocycles. The van der Waals surface area contributed by atoms with E-state index in [0.717, 1.165) is 44.2 Å². The lowest BCUT2D eigenvalue weighted by atomic mass is 9.86. The summed E-state index contributed by atoms with van der Waals surface area (Å²) < 4.78 is 8.41. The van der Waals surface area contributed by atoms with Crippen LogP contribution in [0.25, 0.3) is 26.4 Å². The molecule has 0 saturated heterocycles. The van der Waals surface area contributed by atoms with Crippen LogP contribution in [0.3, 0.4) is 0 Å². The van der Waals surface area contributed by atoms with Crippen molar-refractivity contribution in [2.45, 2.75) is 38.6 Å². The zero-order valence-corrected chi connectivity index (χ0v) is 18.0. The van der Waals surface area contributed by atoms with Crippen LogP contribution in [0.15, 0.2) is 48.7 Å². The van der Waals surface area contributed by atoms with Crippen LogP contribution in [0, 0.1) is 5.92 Å². The molecule has 30 heavy (non-hydrogen) atoms. The van der Waals surface area contributed by atoms with Crippen molar-refractivity contribution in [3.8, 4) is 17.0 Å². The van der Waals surface area contributed by atoms with E-state index in [-0.39, 0.29) is 11.9 Å². The summed E-state index contributed by atoms with van der Waals surface area (Å²) in [7, 11) is 1.66. The summed E-state index contributed by atoms with van der Waals surface area (Å²) in [6.07, 6.45) is 6.80. The third-order valence-corrected chi connectivity index (χ3v) is 7.19. The third-order valence-electron chi connectivity index (χ3n) is 6.17. The van der Waals surface area contributed by atoms with E-state index in [0.29, 0.717) is 5.92 Å². The minimum Gasteiger partial charge on any atom is -0.497 e. The van der Waals surface area contributed by atoms with Gasteiger partial charge in [-0.05, 0) is 61.2 Å². The molecule has 6 heteroatoms. The van der Waals surface area contributed by atoms with Crippen LogP contribution in [-0.4, -0.2) is 28.4 Å². The van der Waals surface area contributed by atoms with Crippen molar-refractivity contribution in [1.29, 1.82) is 0 Å². The Hall–Kier alpha value is -2.86. The zero-order chi connectivity index (χ0) is 20.7. The van der Waals surface area contributed by atoms with E-state index in [9.17, 15) is 4.79 Å². The Labute approximate surface area is 179 Å². The molecule has 0 unspecified atom stereocenters. The van der Waals surface area contributed by atoms with Crippen molar-refractivity contribution in [2.24, 2.45) is 5.92 Å². The van der Waals surface area contributed by atoms with Gasteiger partial charge in [0.25, 0.3) is 5.91 Å². The number of nitrogens with one attached hydrogen (secondary N) is 1. The molecule has 1 amide bonds. The van der Waals surface area contributed by atoms with Crippen LogP contribution < -0.4 is 10.1 Å². The van der Waals surface area contributed by atoms with Crippen molar-refractivity contribution in [3.63, 3.8) is 0 Å². The smallest absolute Gasteiger partial charge is 0.251 e. The number of hydrogen-bond donors (Lipinski definition) is 1. The van der Waals surface area contributed by atoms with Gasteiger partial charge in [0.1, 0.15) is 5.75 Å². The van der Waals surface area contributed by atoms with Crippen LogP contribution in [0.2, 0.25) is 0 Å². The third kappa shape index (κ3) is 3.45. The van der Waals surface area contributed by atoms with Crippen molar-refractivity contribution in [3.05, 3.63) is 54.2 Å². The SMILES string of the molecule is COc1ccc(-c2cn3c(n2)sc2cc(C(=O)N[C@@H]4CCCC[C@H]4C)ccc23)cc1. The maximum atomic E-state index is 12.8. The van der Waals surface area contributed by atoms with E-state index in [4.69, 9.17) is 9.72 Å². The minimum absolute atomic E-state index is 0.0283. The van der Waals surface area contributed by atoms with Crippen molar-refractivity contribution >= 4 is 32.4 Å². The van der Waals surface area contributed by atoms with Crippen LogP contribution in [0.4, 0.5) is 0 Å². The summed E-state index contributed by atoms with van der Waals surface area (Å²) in [5.41, 5.74) is 3.78. The largest absolute Gasteiger partial charge is 0.497 e. The van der Waals surface area contributed by atoms with E-state index in [1.807, 2.05) is 42.5 Å². The maximum Gasteiger partial charge on any atom is 0.251 e. The highest BCUT2D eigenvalue weighted by Gasteiger charge is 2.23. The highest BCUT2D eigenvalue weighted by atomic mass is 32.1. The van der Waals surface area contributed by atoms with Crippen molar-refractivity contribution < 1.29 is 9.53 Å². The fourth-order valence-electron chi connectivity index (χ4n) is 4.33. The van der Waals surface area contributed by atoms with E-state index in [1.165, 1.54) is 19.3 Å². The van der Waals surface area contributed by atoms with E-state index >= 15 is 0 Å². The van der Waals surface area contributed by atoms with Crippen molar-refractivity contribution in [2.75, 3.05) is 7.11 Å². The second kappa shape index (κ2) is 7.76. The molecule has 1 N–H and O–H groups in total. The van der Waals surface area contributed by atoms with E-state index in [1.54, 1.807) is 18.4 Å². The summed E-state index contributed by atoms with van der Waals surface area (Å²) >= 11 is 1.61. The van der Waals surface area contributed by atoms with Gasteiger partial charge in [0, 0.05) is 23.4 Å². The molecule has 5 nitrogen and oxygen atoms in total. The Balaban J connectivity index is 1.41. The van der Waals surface area contributed by atoms with Crippen LogP contribution >= 0.6 is 11.3 Å². The van der Waals surface area contributed by atoms with Crippen LogP contribution in [-0.2, 0) is 0 Å². The topological polar surface area (TPSA) is 55.6 Å². The number of ether oxygens (including phenoxy) is 1. The first-order chi connectivity index (χ1) is 14.6. The van der Waals surface area contributed by atoms with Gasteiger partial charge in [-0.25, -0.2) is 4.98 Å². The second-order valence-electron chi connectivity index (χ2n) is 8.13. The average molecular weight is 420 g/mol. The molecule has 4 aromatic rings. The van der Waals surface area contributed by atoms with Gasteiger partial charge in [-0.3, -0.25) is 9.20 Å². The summed E-state index contributed by atoms with van der Waals surface area (Å²) in [5, 5.41) is 3.25.